The number of rotatable bonds is 4. The normalized spacial score (nSPS) is 17.9. The van der Waals surface area contributed by atoms with Crippen LogP contribution in [0, 0.1) is 0 Å². The van der Waals surface area contributed by atoms with Gasteiger partial charge >= 0.3 is 6.03 Å². The first-order valence-electron chi connectivity index (χ1n) is 8.00. The predicted octanol–water partition coefficient (Wildman–Crippen LogP) is 2.35. The summed E-state index contributed by atoms with van der Waals surface area (Å²) in [6.45, 7) is 4.23. The van der Waals surface area contributed by atoms with Gasteiger partial charge in [-0.2, -0.15) is 0 Å². The Morgan fingerprint density at radius 3 is 2.91 bits per heavy atom. The second-order valence-corrected chi connectivity index (χ2v) is 5.72. The van der Waals surface area contributed by atoms with Crippen molar-refractivity contribution in [2.45, 2.75) is 32.1 Å². The average molecular weight is 303 g/mol. The van der Waals surface area contributed by atoms with Crippen molar-refractivity contribution >= 4 is 11.9 Å². The predicted molar refractivity (Wildman–Crippen MR) is 87.1 cm³/mol. The molecular formula is C17H25N3O2. The third-order valence-electron chi connectivity index (χ3n) is 4.08. The highest BCUT2D eigenvalue weighted by molar-refractivity contribution is 5.94. The van der Waals surface area contributed by atoms with Gasteiger partial charge in [0.15, 0.2) is 0 Å². The van der Waals surface area contributed by atoms with Gasteiger partial charge in [-0.15, -0.1) is 0 Å². The third-order valence-corrected chi connectivity index (χ3v) is 4.08. The molecule has 3 amide bonds. The van der Waals surface area contributed by atoms with Crippen LogP contribution >= 0.6 is 0 Å². The summed E-state index contributed by atoms with van der Waals surface area (Å²) in [5.74, 6) is 0.271. The smallest absolute Gasteiger partial charge is 0.317 e. The minimum Gasteiger partial charge on any atom is -0.352 e. The van der Waals surface area contributed by atoms with Crippen LogP contribution < -0.4 is 10.6 Å². The molecule has 1 heterocycles. The maximum absolute atomic E-state index is 12.1. The molecule has 1 aliphatic heterocycles. The van der Waals surface area contributed by atoms with E-state index < -0.39 is 0 Å². The van der Waals surface area contributed by atoms with Crippen LogP contribution in [0.15, 0.2) is 24.3 Å². The minimum absolute atomic E-state index is 0.0253. The van der Waals surface area contributed by atoms with Crippen LogP contribution in [0.3, 0.4) is 0 Å². The Labute approximate surface area is 132 Å². The highest BCUT2D eigenvalue weighted by Crippen LogP contribution is 2.27. The molecule has 1 saturated heterocycles. The van der Waals surface area contributed by atoms with Crippen molar-refractivity contribution in [3.63, 3.8) is 0 Å². The van der Waals surface area contributed by atoms with Crippen LogP contribution in [-0.4, -0.2) is 43.5 Å². The van der Waals surface area contributed by atoms with E-state index in [0.29, 0.717) is 24.6 Å². The van der Waals surface area contributed by atoms with Gasteiger partial charge in [0.2, 0.25) is 0 Å². The summed E-state index contributed by atoms with van der Waals surface area (Å²) < 4.78 is 0. The lowest BCUT2D eigenvalue weighted by Gasteiger charge is -2.32. The van der Waals surface area contributed by atoms with Gasteiger partial charge < -0.3 is 15.5 Å². The van der Waals surface area contributed by atoms with Gasteiger partial charge in [0, 0.05) is 38.2 Å². The monoisotopic (exact) mass is 303 g/mol. The van der Waals surface area contributed by atoms with Gasteiger partial charge in [0.25, 0.3) is 5.91 Å². The number of nitrogens with one attached hydrogen (secondary N) is 2. The van der Waals surface area contributed by atoms with Crippen LogP contribution in [0.1, 0.15) is 48.0 Å². The maximum atomic E-state index is 12.1. The number of nitrogens with zero attached hydrogens (tertiary/aromatic N) is 1. The van der Waals surface area contributed by atoms with Crippen LogP contribution in [0.25, 0.3) is 0 Å². The molecule has 0 spiro atoms. The SMILES string of the molecule is CCCNC(=O)c1cccc([C@H]2CCCN(C(=O)NC)C2)c1. The Bertz CT molecular complexity index is 530. The number of hydrogen-bond donors (Lipinski definition) is 2. The molecule has 1 aromatic rings. The van der Waals surface area contributed by atoms with E-state index in [9.17, 15) is 9.59 Å². The largest absolute Gasteiger partial charge is 0.352 e. The number of piperidine rings is 1. The molecule has 0 aliphatic carbocycles. The number of hydrogen-bond acceptors (Lipinski definition) is 2. The number of benzene rings is 1. The summed E-state index contributed by atoms with van der Waals surface area (Å²) in [4.78, 5) is 25.7. The molecule has 2 N–H and O–H groups in total. The summed E-state index contributed by atoms with van der Waals surface area (Å²) in [5, 5.41) is 5.58. The van der Waals surface area contributed by atoms with Crippen molar-refractivity contribution in [1.29, 1.82) is 0 Å². The van der Waals surface area contributed by atoms with E-state index in [4.69, 9.17) is 0 Å². The zero-order valence-electron chi connectivity index (χ0n) is 13.4. The highest BCUT2D eigenvalue weighted by atomic mass is 16.2. The van der Waals surface area contributed by atoms with Crippen molar-refractivity contribution in [2.24, 2.45) is 0 Å². The molecule has 1 fully saturated rings. The summed E-state index contributed by atoms with van der Waals surface area (Å²) >= 11 is 0. The third kappa shape index (κ3) is 4.00. The summed E-state index contributed by atoms with van der Waals surface area (Å²) in [6, 6.07) is 7.75. The lowest BCUT2D eigenvalue weighted by atomic mass is 9.89. The quantitative estimate of drug-likeness (QED) is 0.897. The average Bonchev–Trinajstić information content (AvgIpc) is 2.59. The van der Waals surface area contributed by atoms with E-state index in [1.165, 1.54) is 0 Å². The second-order valence-electron chi connectivity index (χ2n) is 5.72. The second kappa shape index (κ2) is 7.82. The Balaban J connectivity index is 2.08. The zero-order chi connectivity index (χ0) is 15.9. The Morgan fingerprint density at radius 1 is 1.36 bits per heavy atom. The molecule has 5 nitrogen and oxygen atoms in total. The van der Waals surface area contributed by atoms with E-state index in [0.717, 1.165) is 31.4 Å². The highest BCUT2D eigenvalue weighted by Gasteiger charge is 2.24. The summed E-state index contributed by atoms with van der Waals surface area (Å²) in [6.07, 6.45) is 2.97. The molecule has 0 aromatic heterocycles. The first-order chi connectivity index (χ1) is 10.7. The molecule has 0 radical (unpaired) electrons. The fourth-order valence-corrected chi connectivity index (χ4v) is 2.87. The lowest BCUT2D eigenvalue weighted by Crippen LogP contribution is -2.43. The molecule has 1 aliphatic rings. The van der Waals surface area contributed by atoms with Gasteiger partial charge in [-0.25, -0.2) is 4.79 Å². The molecule has 1 atom stereocenters. The molecule has 2 rings (SSSR count). The van der Waals surface area contributed by atoms with Crippen LogP contribution in [0.4, 0.5) is 4.79 Å². The topological polar surface area (TPSA) is 61.4 Å². The first kappa shape index (κ1) is 16.3. The molecule has 1 aromatic carbocycles. The van der Waals surface area contributed by atoms with Crippen molar-refractivity contribution in [3.05, 3.63) is 35.4 Å². The Morgan fingerprint density at radius 2 is 2.18 bits per heavy atom. The molecule has 0 bridgehead atoms. The minimum atomic E-state index is -0.0263. The number of carbonyl (C=O) groups is 2. The molecular weight excluding hydrogens is 278 g/mol. The first-order valence-corrected chi connectivity index (χ1v) is 8.00. The number of amides is 3. The van der Waals surface area contributed by atoms with E-state index in [1.807, 2.05) is 30.0 Å². The lowest BCUT2D eigenvalue weighted by molar-refractivity contribution is 0.0953. The van der Waals surface area contributed by atoms with E-state index >= 15 is 0 Å². The van der Waals surface area contributed by atoms with Crippen molar-refractivity contribution in [3.8, 4) is 0 Å². The summed E-state index contributed by atoms with van der Waals surface area (Å²) in [7, 11) is 1.66. The number of urea groups is 1. The molecule has 5 heteroatoms. The van der Waals surface area contributed by atoms with Gasteiger partial charge in [-0.3, -0.25) is 4.79 Å². The standard InChI is InChI=1S/C17H25N3O2/c1-3-9-19-16(21)14-7-4-6-13(11-14)15-8-5-10-20(12-15)17(22)18-2/h4,6-7,11,15H,3,5,8-10,12H2,1-2H3,(H,18,22)(H,19,21)/t15-/m0/s1. The van der Waals surface area contributed by atoms with Crippen LogP contribution in [0.5, 0.6) is 0 Å². The van der Waals surface area contributed by atoms with Crippen LogP contribution in [-0.2, 0) is 0 Å². The van der Waals surface area contributed by atoms with E-state index in [1.54, 1.807) is 7.05 Å². The molecule has 0 saturated carbocycles. The zero-order valence-corrected chi connectivity index (χ0v) is 13.4. The van der Waals surface area contributed by atoms with Crippen LogP contribution in [0.2, 0.25) is 0 Å². The number of carbonyl (C=O) groups excluding carboxylic acids is 2. The Hall–Kier alpha value is -2.04. The van der Waals surface area contributed by atoms with E-state index in [2.05, 4.69) is 16.7 Å². The maximum Gasteiger partial charge on any atom is 0.317 e. The molecule has 120 valence electrons. The fraction of sp³-hybridized carbons (Fsp3) is 0.529. The van der Waals surface area contributed by atoms with Crippen molar-refractivity contribution in [2.75, 3.05) is 26.7 Å². The van der Waals surface area contributed by atoms with Gasteiger partial charge in [-0.1, -0.05) is 19.1 Å². The van der Waals surface area contributed by atoms with Crippen molar-refractivity contribution < 1.29 is 9.59 Å². The molecule has 0 unspecified atom stereocenters. The fourth-order valence-electron chi connectivity index (χ4n) is 2.87. The Kier molecular flexibility index (Phi) is 5.81. The molecule has 22 heavy (non-hydrogen) atoms. The summed E-state index contributed by atoms with van der Waals surface area (Å²) in [5.41, 5.74) is 1.83. The van der Waals surface area contributed by atoms with Gasteiger partial charge in [0.1, 0.15) is 0 Å². The van der Waals surface area contributed by atoms with Gasteiger partial charge in [0.05, 0.1) is 0 Å². The van der Waals surface area contributed by atoms with Crippen molar-refractivity contribution in [1.82, 2.24) is 15.5 Å². The number of likely N-dealkylation sites (tertiary alicyclic amines) is 1. The van der Waals surface area contributed by atoms with E-state index in [-0.39, 0.29) is 11.9 Å². The van der Waals surface area contributed by atoms with Gasteiger partial charge in [-0.05, 0) is 37.0 Å².